The van der Waals surface area contributed by atoms with Gasteiger partial charge in [-0.2, -0.15) is 0 Å². The van der Waals surface area contributed by atoms with Gasteiger partial charge in [0.05, 0.1) is 6.42 Å². The van der Waals surface area contributed by atoms with E-state index in [9.17, 15) is 9.59 Å². The number of nitrogens with one attached hydrogen (secondary N) is 1. The first kappa shape index (κ1) is 12.9. The molecule has 0 aliphatic rings. The van der Waals surface area contributed by atoms with Gasteiger partial charge in [-0.25, -0.2) is 10.2 Å². The molecular weight excluding hydrogens is 168 g/mol. The van der Waals surface area contributed by atoms with Crippen molar-refractivity contribution < 1.29 is 24.6 Å². The Kier molecular flexibility index (Phi) is 7.95. The Morgan fingerprint density at radius 1 is 1.50 bits per heavy atom. The summed E-state index contributed by atoms with van der Waals surface area (Å²) < 4.78 is 0. The molecule has 0 aromatic carbocycles. The van der Waals surface area contributed by atoms with Crippen LogP contribution in [0.5, 0.6) is 0 Å². The van der Waals surface area contributed by atoms with Crippen LogP contribution < -0.4 is 5.73 Å². The first-order valence-corrected chi connectivity index (χ1v) is 2.69. The van der Waals surface area contributed by atoms with Gasteiger partial charge < -0.3 is 15.9 Å². The number of carboxylic acids is 2. The number of hydrogen-bond donors (Lipinski definition) is 4. The molecule has 0 bridgehead atoms. The van der Waals surface area contributed by atoms with Crippen LogP contribution in [0, 0.1) is 5.41 Å². The molecule has 0 fully saturated rings. The van der Waals surface area contributed by atoms with Gasteiger partial charge in [0.2, 0.25) is 6.08 Å². The molecule has 12 heavy (non-hydrogen) atoms. The van der Waals surface area contributed by atoms with Crippen LogP contribution in [0.1, 0.15) is 6.42 Å². The maximum atomic E-state index is 9.85. The normalized spacial score (nSPS) is 10.1. The number of rotatable bonds is 3. The Balaban J connectivity index is 0. The van der Waals surface area contributed by atoms with Crippen molar-refractivity contribution in [3.05, 3.63) is 0 Å². The Morgan fingerprint density at radius 3 is 1.92 bits per heavy atom. The fraction of sp³-hybridized carbons (Fsp3) is 0.400. The fourth-order valence-corrected chi connectivity index (χ4v) is 0.275. The van der Waals surface area contributed by atoms with E-state index in [0.717, 1.165) is 6.08 Å². The van der Waals surface area contributed by atoms with Crippen molar-refractivity contribution >= 4 is 18.0 Å². The molecule has 5 N–H and O–H groups in total. The van der Waals surface area contributed by atoms with Crippen molar-refractivity contribution in [1.29, 1.82) is 5.41 Å². The van der Waals surface area contributed by atoms with E-state index in [1.807, 2.05) is 0 Å². The lowest BCUT2D eigenvalue weighted by Crippen LogP contribution is -2.32. The van der Waals surface area contributed by atoms with Crippen LogP contribution in [0.2, 0.25) is 0 Å². The number of isocyanates is 1. The van der Waals surface area contributed by atoms with Crippen LogP contribution in [0.25, 0.3) is 0 Å². The summed E-state index contributed by atoms with van der Waals surface area (Å²) in [6.07, 6.45) is 0.218. The summed E-state index contributed by atoms with van der Waals surface area (Å²) in [6.45, 7) is 0. The Labute approximate surface area is 67.3 Å². The van der Waals surface area contributed by atoms with E-state index in [1.54, 1.807) is 0 Å². The zero-order valence-electron chi connectivity index (χ0n) is 5.98. The first-order chi connectivity index (χ1) is 5.45. The molecule has 1 unspecified atom stereocenters. The van der Waals surface area contributed by atoms with Gasteiger partial charge in [-0.1, -0.05) is 0 Å². The van der Waals surface area contributed by atoms with Crippen LogP contribution in [-0.2, 0) is 14.4 Å². The molecule has 0 aliphatic heterocycles. The molecule has 0 amide bonds. The Morgan fingerprint density at radius 2 is 1.83 bits per heavy atom. The highest BCUT2D eigenvalue weighted by molar-refractivity contribution is 5.80. The molecule has 0 saturated carbocycles. The summed E-state index contributed by atoms with van der Waals surface area (Å²) in [5.74, 6) is -2.50. The second-order valence-electron chi connectivity index (χ2n) is 1.64. The van der Waals surface area contributed by atoms with Crippen molar-refractivity contribution in [3.63, 3.8) is 0 Å². The van der Waals surface area contributed by atoms with Gasteiger partial charge in [-0.3, -0.25) is 9.59 Å². The molecule has 0 heterocycles. The minimum atomic E-state index is -1.29. The Hall–Kier alpha value is -1.72. The second-order valence-corrected chi connectivity index (χ2v) is 1.64. The SMILES string of the molecule is N=C=O.NC(CC(=O)O)C(=O)O. The molecule has 1 atom stereocenters. The molecule has 0 spiro atoms. The first-order valence-electron chi connectivity index (χ1n) is 2.69. The summed E-state index contributed by atoms with van der Waals surface area (Å²) >= 11 is 0. The monoisotopic (exact) mass is 176 g/mol. The zero-order valence-corrected chi connectivity index (χ0v) is 5.98. The summed E-state index contributed by atoms with van der Waals surface area (Å²) in [5.41, 5.74) is 4.84. The lowest BCUT2D eigenvalue weighted by Gasteiger charge is -1.99. The number of carbonyl (C=O) groups is 2. The van der Waals surface area contributed by atoms with Crippen LogP contribution >= 0.6 is 0 Å². The van der Waals surface area contributed by atoms with Gasteiger partial charge >= 0.3 is 11.9 Å². The summed E-state index contributed by atoms with van der Waals surface area (Å²) in [4.78, 5) is 28.0. The number of carboxylic acid groups (broad SMARTS) is 2. The van der Waals surface area contributed by atoms with E-state index in [0.29, 0.717) is 0 Å². The van der Waals surface area contributed by atoms with E-state index in [-0.39, 0.29) is 0 Å². The standard InChI is InChI=1S/C4H7NO4.CHNO/c5-2(4(8)9)1-3(6)7;2-1-3/h2H,1,5H2,(H,6,7)(H,8,9);2H. The summed E-state index contributed by atoms with van der Waals surface area (Å²) in [5, 5.41) is 21.4. The topological polar surface area (TPSA) is 142 Å². The van der Waals surface area contributed by atoms with Crippen molar-refractivity contribution in [1.82, 2.24) is 0 Å². The maximum Gasteiger partial charge on any atom is 0.321 e. The fourth-order valence-electron chi connectivity index (χ4n) is 0.275. The van der Waals surface area contributed by atoms with Crippen LogP contribution in [-0.4, -0.2) is 34.3 Å². The minimum Gasteiger partial charge on any atom is -0.481 e. The van der Waals surface area contributed by atoms with E-state index < -0.39 is 24.4 Å². The van der Waals surface area contributed by atoms with Gasteiger partial charge in [-0.05, 0) is 0 Å². The van der Waals surface area contributed by atoms with Crippen molar-refractivity contribution in [2.45, 2.75) is 12.5 Å². The third-order valence-corrected chi connectivity index (χ3v) is 0.712. The number of nitrogens with two attached hydrogens (primary N) is 1. The third-order valence-electron chi connectivity index (χ3n) is 0.712. The molecule has 0 saturated heterocycles. The van der Waals surface area contributed by atoms with Crippen molar-refractivity contribution in [2.75, 3.05) is 0 Å². The number of aliphatic carboxylic acids is 2. The van der Waals surface area contributed by atoms with Crippen LogP contribution in [0.3, 0.4) is 0 Å². The zero-order chi connectivity index (χ0) is 10.1. The summed E-state index contributed by atoms with van der Waals surface area (Å²) in [6, 6.07) is -1.29. The molecule has 7 heteroatoms. The average Bonchev–Trinajstić information content (AvgIpc) is 1.87. The molecule has 0 radical (unpaired) electrons. The predicted octanol–water partition coefficient (Wildman–Crippen LogP) is -1.23. The third kappa shape index (κ3) is 11.1. The van der Waals surface area contributed by atoms with Crippen LogP contribution in [0.15, 0.2) is 0 Å². The largest absolute Gasteiger partial charge is 0.481 e. The average molecular weight is 176 g/mol. The Bertz CT molecular complexity index is 196. The van der Waals surface area contributed by atoms with E-state index in [4.69, 9.17) is 26.2 Å². The van der Waals surface area contributed by atoms with E-state index >= 15 is 0 Å². The number of hydrogen-bond acceptors (Lipinski definition) is 5. The minimum absolute atomic E-state index is 0.532. The lowest BCUT2D eigenvalue weighted by molar-refractivity contribution is -0.144. The highest BCUT2D eigenvalue weighted by atomic mass is 16.4. The number of carbonyl (C=O) groups excluding carboxylic acids is 1. The summed E-state index contributed by atoms with van der Waals surface area (Å²) in [7, 11) is 0. The lowest BCUT2D eigenvalue weighted by atomic mass is 10.2. The van der Waals surface area contributed by atoms with Crippen LogP contribution in [0.4, 0.5) is 0 Å². The molecule has 7 nitrogen and oxygen atoms in total. The molecule has 0 aromatic heterocycles. The maximum absolute atomic E-state index is 9.85. The molecule has 0 rings (SSSR count). The molecular formula is C5H8N2O5. The van der Waals surface area contributed by atoms with Gasteiger partial charge in [0.25, 0.3) is 0 Å². The van der Waals surface area contributed by atoms with Gasteiger partial charge in [0.15, 0.2) is 0 Å². The highest BCUT2D eigenvalue weighted by Gasteiger charge is 2.14. The van der Waals surface area contributed by atoms with Crippen molar-refractivity contribution in [2.24, 2.45) is 5.73 Å². The van der Waals surface area contributed by atoms with Gasteiger partial charge in [-0.15, -0.1) is 0 Å². The molecule has 0 aliphatic carbocycles. The molecule has 68 valence electrons. The van der Waals surface area contributed by atoms with Gasteiger partial charge in [0, 0.05) is 0 Å². The van der Waals surface area contributed by atoms with Crippen molar-refractivity contribution in [3.8, 4) is 0 Å². The quantitative estimate of drug-likeness (QED) is 0.313. The highest BCUT2D eigenvalue weighted by Crippen LogP contribution is 1.86. The van der Waals surface area contributed by atoms with E-state index in [2.05, 4.69) is 0 Å². The smallest absolute Gasteiger partial charge is 0.321 e. The second kappa shape index (κ2) is 7.39. The van der Waals surface area contributed by atoms with Gasteiger partial charge in [0.1, 0.15) is 6.04 Å². The molecule has 0 aromatic rings. The predicted molar refractivity (Wildman–Crippen MR) is 36.3 cm³/mol. The van der Waals surface area contributed by atoms with E-state index in [1.165, 1.54) is 0 Å².